The van der Waals surface area contributed by atoms with Crippen LogP contribution < -0.4 is 10.5 Å². The smallest absolute Gasteiger partial charge is 0.265 e. The average molecular weight is 256 g/mol. The number of sulfonamides is 1. The molecule has 1 aromatic carbocycles. The second-order valence-corrected chi connectivity index (χ2v) is 5.61. The molecule has 0 aliphatic rings. The monoisotopic (exact) mass is 256 g/mol. The van der Waals surface area contributed by atoms with Gasteiger partial charge in [-0.05, 0) is 31.0 Å². The minimum atomic E-state index is -3.55. The molecule has 0 spiro atoms. The second kappa shape index (κ2) is 5.18. The third-order valence-corrected chi connectivity index (χ3v) is 3.78. The van der Waals surface area contributed by atoms with Gasteiger partial charge in [-0.15, -0.1) is 0 Å². The molecule has 0 aromatic heterocycles. The molecule has 17 heavy (non-hydrogen) atoms. The molecule has 3 N–H and O–H groups in total. The van der Waals surface area contributed by atoms with Gasteiger partial charge in [0.05, 0.1) is 5.75 Å². The maximum atomic E-state index is 11.8. The van der Waals surface area contributed by atoms with Crippen LogP contribution in [0.25, 0.3) is 0 Å². The number of carbonyl (C=O) groups is 1. The van der Waals surface area contributed by atoms with Crippen LogP contribution in [-0.2, 0) is 10.0 Å². The third-order valence-electron chi connectivity index (χ3n) is 2.34. The van der Waals surface area contributed by atoms with Crippen molar-refractivity contribution in [1.82, 2.24) is 4.72 Å². The lowest BCUT2D eigenvalue weighted by Crippen LogP contribution is -2.32. The molecule has 0 aliphatic carbocycles. The highest BCUT2D eigenvalue weighted by Crippen LogP contribution is 2.15. The molecule has 94 valence electrons. The van der Waals surface area contributed by atoms with Crippen LogP contribution >= 0.6 is 0 Å². The fourth-order valence-corrected chi connectivity index (χ4v) is 2.45. The van der Waals surface area contributed by atoms with E-state index in [1.807, 2.05) is 4.72 Å². The fraction of sp³-hybridized carbons (Fsp3) is 0.364. The van der Waals surface area contributed by atoms with E-state index in [0.717, 1.165) is 0 Å². The molecule has 0 fully saturated rings. The summed E-state index contributed by atoms with van der Waals surface area (Å²) in [5.41, 5.74) is 6.98. The molecular weight excluding hydrogens is 240 g/mol. The fourth-order valence-electron chi connectivity index (χ4n) is 1.42. The summed E-state index contributed by atoms with van der Waals surface area (Å²) in [6.07, 6.45) is 0.457. The zero-order chi connectivity index (χ0) is 13.1. The van der Waals surface area contributed by atoms with Gasteiger partial charge in [0, 0.05) is 11.3 Å². The van der Waals surface area contributed by atoms with Crippen molar-refractivity contribution in [1.29, 1.82) is 0 Å². The van der Waals surface area contributed by atoms with Crippen molar-refractivity contribution in [3.8, 4) is 0 Å². The molecule has 5 nitrogen and oxygen atoms in total. The standard InChI is InChI=1S/C11H16N2O3S/c1-3-7-17(15,16)13-11(14)9-5-4-6-10(12)8(9)2/h4-6H,3,7,12H2,1-2H3,(H,13,14). The Hall–Kier alpha value is -1.56. The first-order chi connectivity index (χ1) is 7.87. The number of rotatable bonds is 4. The molecular formula is C11H16N2O3S. The lowest BCUT2D eigenvalue weighted by molar-refractivity contribution is 0.0981. The van der Waals surface area contributed by atoms with Gasteiger partial charge in [-0.3, -0.25) is 4.79 Å². The normalized spacial score (nSPS) is 11.2. The molecule has 0 saturated carbocycles. The van der Waals surface area contributed by atoms with Crippen molar-refractivity contribution in [2.24, 2.45) is 0 Å². The van der Waals surface area contributed by atoms with E-state index in [4.69, 9.17) is 5.73 Å². The summed E-state index contributed by atoms with van der Waals surface area (Å²) in [6.45, 7) is 3.41. The molecule has 0 heterocycles. The van der Waals surface area contributed by atoms with E-state index < -0.39 is 15.9 Å². The van der Waals surface area contributed by atoms with Crippen LogP contribution in [-0.4, -0.2) is 20.1 Å². The summed E-state index contributed by atoms with van der Waals surface area (Å²) in [5.74, 6) is -0.705. The third kappa shape index (κ3) is 3.45. The van der Waals surface area contributed by atoms with E-state index in [1.54, 1.807) is 32.0 Å². The number of carbonyl (C=O) groups excluding carboxylic acids is 1. The molecule has 0 aliphatic heterocycles. The highest BCUT2D eigenvalue weighted by molar-refractivity contribution is 7.90. The number of amides is 1. The van der Waals surface area contributed by atoms with Gasteiger partial charge in [0.2, 0.25) is 10.0 Å². The van der Waals surface area contributed by atoms with Gasteiger partial charge in [0.1, 0.15) is 0 Å². The molecule has 0 atom stereocenters. The van der Waals surface area contributed by atoms with E-state index in [-0.39, 0.29) is 11.3 Å². The Morgan fingerprint density at radius 3 is 2.65 bits per heavy atom. The first-order valence-electron chi connectivity index (χ1n) is 5.27. The van der Waals surface area contributed by atoms with Crippen molar-refractivity contribution < 1.29 is 13.2 Å². The van der Waals surface area contributed by atoms with Crippen LogP contribution in [0.4, 0.5) is 5.69 Å². The van der Waals surface area contributed by atoms with Crippen molar-refractivity contribution in [3.05, 3.63) is 29.3 Å². The molecule has 0 bridgehead atoms. The lowest BCUT2D eigenvalue weighted by atomic mass is 10.1. The second-order valence-electron chi connectivity index (χ2n) is 3.77. The van der Waals surface area contributed by atoms with Crippen molar-refractivity contribution >= 4 is 21.6 Å². The van der Waals surface area contributed by atoms with Crippen LogP contribution in [0.15, 0.2) is 18.2 Å². The predicted molar refractivity (Wildman–Crippen MR) is 67.1 cm³/mol. The van der Waals surface area contributed by atoms with Crippen LogP contribution in [0.1, 0.15) is 29.3 Å². The molecule has 1 amide bonds. The minimum Gasteiger partial charge on any atom is -0.398 e. The Morgan fingerprint density at radius 2 is 2.06 bits per heavy atom. The first kappa shape index (κ1) is 13.5. The highest BCUT2D eigenvalue weighted by Gasteiger charge is 2.17. The largest absolute Gasteiger partial charge is 0.398 e. The Bertz CT molecular complexity index is 524. The van der Waals surface area contributed by atoms with Crippen molar-refractivity contribution in [2.75, 3.05) is 11.5 Å². The maximum Gasteiger partial charge on any atom is 0.265 e. The van der Waals surface area contributed by atoms with Gasteiger partial charge in [-0.25, -0.2) is 13.1 Å². The van der Waals surface area contributed by atoms with Crippen molar-refractivity contribution in [2.45, 2.75) is 20.3 Å². The lowest BCUT2D eigenvalue weighted by Gasteiger charge is -2.09. The summed E-state index contributed by atoms with van der Waals surface area (Å²) in [4.78, 5) is 11.8. The predicted octanol–water partition coefficient (Wildman–Crippen LogP) is 1.05. The minimum absolute atomic E-state index is 0.0693. The number of nitrogen functional groups attached to an aromatic ring is 1. The van der Waals surface area contributed by atoms with Gasteiger partial charge in [0.25, 0.3) is 5.91 Å². The number of benzene rings is 1. The Labute approximate surface area is 101 Å². The Morgan fingerprint density at radius 1 is 1.41 bits per heavy atom. The van der Waals surface area contributed by atoms with Gasteiger partial charge < -0.3 is 5.73 Å². The average Bonchev–Trinajstić information content (AvgIpc) is 2.21. The van der Waals surface area contributed by atoms with E-state index in [9.17, 15) is 13.2 Å². The molecule has 6 heteroatoms. The summed E-state index contributed by atoms with van der Waals surface area (Å²) in [6, 6.07) is 4.82. The van der Waals surface area contributed by atoms with Crippen LogP contribution in [0.5, 0.6) is 0 Å². The van der Waals surface area contributed by atoms with E-state index in [2.05, 4.69) is 0 Å². The number of hydrogen-bond acceptors (Lipinski definition) is 4. The summed E-state index contributed by atoms with van der Waals surface area (Å²) in [5, 5.41) is 0. The van der Waals surface area contributed by atoms with Crippen LogP contribution in [0.2, 0.25) is 0 Å². The van der Waals surface area contributed by atoms with Crippen molar-refractivity contribution in [3.63, 3.8) is 0 Å². The summed E-state index contributed by atoms with van der Waals surface area (Å²) in [7, 11) is -3.55. The van der Waals surface area contributed by atoms with Crippen LogP contribution in [0.3, 0.4) is 0 Å². The molecule has 0 radical (unpaired) electrons. The quantitative estimate of drug-likeness (QED) is 0.788. The SMILES string of the molecule is CCCS(=O)(=O)NC(=O)c1cccc(N)c1C. The molecule has 0 unspecified atom stereocenters. The van der Waals surface area contributed by atoms with Crippen LogP contribution in [0, 0.1) is 6.92 Å². The number of hydrogen-bond donors (Lipinski definition) is 2. The van der Waals surface area contributed by atoms with Gasteiger partial charge in [-0.1, -0.05) is 13.0 Å². The number of nitrogens with one attached hydrogen (secondary N) is 1. The Kier molecular flexibility index (Phi) is 4.11. The highest BCUT2D eigenvalue weighted by atomic mass is 32.2. The van der Waals surface area contributed by atoms with Gasteiger partial charge in [-0.2, -0.15) is 0 Å². The molecule has 1 aromatic rings. The van der Waals surface area contributed by atoms with E-state index in [1.165, 1.54) is 0 Å². The number of nitrogens with two attached hydrogens (primary N) is 1. The maximum absolute atomic E-state index is 11.8. The van der Waals surface area contributed by atoms with Gasteiger partial charge >= 0.3 is 0 Å². The number of anilines is 1. The topological polar surface area (TPSA) is 89.3 Å². The summed E-state index contributed by atoms with van der Waals surface area (Å²) >= 11 is 0. The zero-order valence-corrected chi connectivity index (χ0v) is 10.7. The molecule has 0 saturated heterocycles. The summed E-state index contributed by atoms with van der Waals surface area (Å²) < 4.78 is 24.9. The Balaban J connectivity index is 2.95. The van der Waals surface area contributed by atoms with E-state index in [0.29, 0.717) is 17.7 Å². The zero-order valence-electron chi connectivity index (χ0n) is 9.86. The first-order valence-corrected chi connectivity index (χ1v) is 6.92. The van der Waals surface area contributed by atoms with Gasteiger partial charge in [0.15, 0.2) is 0 Å². The molecule has 1 rings (SSSR count). The van der Waals surface area contributed by atoms with E-state index >= 15 is 0 Å².